The van der Waals surface area contributed by atoms with E-state index in [9.17, 15) is 4.79 Å². The normalized spacial score (nSPS) is 13.5. The third kappa shape index (κ3) is 7.78. The van der Waals surface area contributed by atoms with E-state index in [0.29, 0.717) is 6.54 Å². The van der Waals surface area contributed by atoms with Gasteiger partial charge in [0.2, 0.25) is 0 Å². The van der Waals surface area contributed by atoms with Crippen molar-refractivity contribution in [3.8, 4) is 5.75 Å². The van der Waals surface area contributed by atoms with Crippen LogP contribution in [0.25, 0.3) is 0 Å². The van der Waals surface area contributed by atoms with Crippen molar-refractivity contribution in [2.75, 3.05) is 12.3 Å². The van der Waals surface area contributed by atoms with Crippen molar-refractivity contribution in [2.24, 2.45) is 0 Å². The molecule has 0 aliphatic carbocycles. The Morgan fingerprint density at radius 2 is 1.70 bits per heavy atom. The summed E-state index contributed by atoms with van der Waals surface area (Å²) in [6.45, 7) is 15.5. The highest BCUT2D eigenvalue weighted by molar-refractivity contribution is 8.00. The van der Waals surface area contributed by atoms with Crippen LogP contribution >= 0.6 is 11.8 Å². The van der Waals surface area contributed by atoms with Crippen molar-refractivity contribution in [1.29, 1.82) is 0 Å². The topological polar surface area (TPSA) is 38.3 Å². The van der Waals surface area contributed by atoms with Crippen LogP contribution in [0.5, 0.6) is 5.75 Å². The minimum Gasteiger partial charge on any atom is -0.481 e. The van der Waals surface area contributed by atoms with Gasteiger partial charge in [0.15, 0.2) is 6.10 Å². The second-order valence-electron chi connectivity index (χ2n) is 7.79. The summed E-state index contributed by atoms with van der Waals surface area (Å²) in [4.78, 5) is 12.1. The molecule has 1 aromatic rings. The molecule has 0 saturated carbocycles. The first-order valence-corrected chi connectivity index (χ1v) is 9.16. The molecule has 0 aromatic heterocycles. The zero-order chi connectivity index (χ0) is 17.7. The molecule has 0 fully saturated rings. The fourth-order valence-electron chi connectivity index (χ4n) is 1.97. The minimum atomic E-state index is -0.491. The van der Waals surface area contributed by atoms with Gasteiger partial charge in [0.25, 0.3) is 5.91 Å². The maximum Gasteiger partial charge on any atom is 0.260 e. The molecule has 0 aliphatic rings. The van der Waals surface area contributed by atoms with Crippen LogP contribution < -0.4 is 10.1 Å². The standard InChI is InChI=1S/C19H31NO2S/c1-14(17(21)20-12-13-23-19(5,6)7)22-16-10-8-15(9-11-16)18(2,3)4/h8-11,14H,12-13H2,1-7H3,(H,20,21)/t14-/m0/s1. The summed E-state index contributed by atoms with van der Waals surface area (Å²) in [5.41, 5.74) is 1.37. The van der Waals surface area contributed by atoms with E-state index in [1.165, 1.54) is 5.56 Å². The molecule has 23 heavy (non-hydrogen) atoms. The van der Waals surface area contributed by atoms with E-state index >= 15 is 0 Å². The molecule has 1 atom stereocenters. The molecule has 0 radical (unpaired) electrons. The summed E-state index contributed by atoms with van der Waals surface area (Å²) in [7, 11) is 0. The van der Waals surface area contributed by atoms with Gasteiger partial charge in [-0.2, -0.15) is 11.8 Å². The first-order valence-electron chi connectivity index (χ1n) is 8.18. The molecule has 130 valence electrons. The first kappa shape index (κ1) is 19.9. The molecule has 4 heteroatoms. The Morgan fingerprint density at radius 1 is 1.13 bits per heavy atom. The van der Waals surface area contributed by atoms with Gasteiger partial charge in [-0.15, -0.1) is 0 Å². The molecule has 0 unspecified atom stereocenters. The molecule has 0 bridgehead atoms. The number of carbonyl (C=O) groups excluding carboxylic acids is 1. The van der Waals surface area contributed by atoms with E-state index in [1.807, 2.05) is 23.9 Å². The van der Waals surface area contributed by atoms with E-state index in [4.69, 9.17) is 4.74 Å². The summed E-state index contributed by atoms with van der Waals surface area (Å²) >= 11 is 1.84. The Hall–Kier alpha value is -1.16. The summed E-state index contributed by atoms with van der Waals surface area (Å²) in [5.74, 6) is 1.56. The van der Waals surface area contributed by atoms with Gasteiger partial charge in [-0.05, 0) is 30.0 Å². The molecular weight excluding hydrogens is 306 g/mol. The Morgan fingerprint density at radius 3 is 2.17 bits per heavy atom. The van der Waals surface area contributed by atoms with E-state index in [1.54, 1.807) is 6.92 Å². The van der Waals surface area contributed by atoms with Gasteiger partial charge >= 0.3 is 0 Å². The number of ether oxygens (including phenoxy) is 1. The number of hydrogen-bond donors (Lipinski definition) is 1. The summed E-state index contributed by atoms with van der Waals surface area (Å²) in [5, 5.41) is 2.93. The molecule has 1 aromatic carbocycles. The lowest BCUT2D eigenvalue weighted by Crippen LogP contribution is -2.37. The fourth-order valence-corrected chi connectivity index (χ4v) is 2.78. The van der Waals surface area contributed by atoms with Crippen LogP contribution in [-0.4, -0.2) is 29.1 Å². The van der Waals surface area contributed by atoms with Crippen molar-refractivity contribution in [3.63, 3.8) is 0 Å². The maximum absolute atomic E-state index is 12.1. The molecular formula is C19H31NO2S. The highest BCUT2D eigenvalue weighted by Gasteiger charge is 2.17. The number of nitrogens with one attached hydrogen (secondary N) is 1. The lowest BCUT2D eigenvalue weighted by molar-refractivity contribution is -0.127. The number of thioether (sulfide) groups is 1. The van der Waals surface area contributed by atoms with Crippen LogP contribution in [0.3, 0.4) is 0 Å². The Bertz CT molecular complexity index is 498. The molecule has 0 heterocycles. The van der Waals surface area contributed by atoms with E-state index in [0.717, 1.165) is 11.5 Å². The molecule has 1 rings (SSSR count). The fraction of sp³-hybridized carbons (Fsp3) is 0.632. The highest BCUT2D eigenvalue weighted by atomic mass is 32.2. The molecule has 3 nitrogen and oxygen atoms in total. The second kappa shape index (κ2) is 8.09. The van der Waals surface area contributed by atoms with Gasteiger partial charge in [0.1, 0.15) is 5.75 Å². The SMILES string of the molecule is C[C@H](Oc1ccc(C(C)(C)C)cc1)C(=O)NCCSC(C)(C)C. The predicted octanol–water partition coefficient (Wildman–Crippen LogP) is 4.40. The lowest BCUT2D eigenvalue weighted by Gasteiger charge is -2.20. The smallest absolute Gasteiger partial charge is 0.260 e. The number of rotatable bonds is 6. The number of carbonyl (C=O) groups is 1. The average molecular weight is 338 g/mol. The lowest BCUT2D eigenvalue weighted by atomic mass is 9.87. The van der Waals surface area contributed by atoms with Crippen LogP contribution in [0, 0.1) is 0 Å². The third-order valence-electron chi connectivity index (χ3n) is 3.34. The Labute approximate surface area is 145 Å². The molecule has 1 amide bonds. The summed E-state index contributed by atoms with van der Waals surface area (Å²) in [6, 6.07) is 7.97. The Kier molecular flexibility index (Phi) is 7.00. The van der Waals surface area contributed by atoms with E-state index in [2.05, 4.69) is 59.0 Å². The van der Waals surface area contributed by atoms with Gasteiger partial charge in [0.05, 0.1) is 0 Å². The molecule has 0 saturated heterocycles. The van der Waals surface area contributed by atoms with Crippen molar-refractivity contribution < 1.29 is 9.53 Å². The zero-order valence-electron chi connectivity index (χ0n) is 15.5. The number of benzene rings is 1. The molecule has 1 N–H and O–H groups in total. The summed E-state index contributed by atoms with van der Waals surface area (Å²) in [6.07, 6.45) is -0.491. The molecule has 0 spiro atoms. The number of hydrogen-bond acceptors (Lipinski definition) is 3. The van der Waals surface area contributed by atoms with Crippen molar-refractivity contribution >= 4 is 17.7 Å². The van der Waals surface area contributed by atoms with Gasteiger partial charge in [-0.3, -0.25) is 4.79 Å². The largest absolute Gasteiger partial charge is 0.481 e. The minimum absolute atomic E-state index is 0.0700. The molecule has 0 aliphatic heterocycles. The van der Waals surface area contributed by atoms with Crippen LogP contribution in [0.4, 0.5) is 0 Å². The second-order valence-corrected chi connectivity index (χ2v) is 9.71. The van der Waals surface area contributed by atoms with Gasteiger partial charge in [0, 0.05) is 17.0 Å². The van der Waals surface area contributed by atoms with E-state index < -0.39 is 6.10 Å². The first-order chi connectivity index (χ1) is 10.5. The van der Waals surface area contributed by atoms with E-state index in [-0.39, 0.29) is 16.1 Å². The highest BCUT2D eigenvalue weighted by Crippen LogP contribution is 2.25. The van der Waals surface area contributed by atoms with Gasteiger partial charge in [-0.25, -0.2) is 0 Å². The predicted molar refractivity (Wildman–Crippen MR) is 100 cm³/mol. The van der Waals surface area contributed by atoms with Crippen molar-refractivity contribution in [2.45, 2.75) is 64.7 Å². The Balaban J connectivity index is 2.43. The van der Waals surface area contributed by atoms with Gasteiger partial charge < -0.3 is 10.1 Å². The zero-order valence-corrected chi connectivity index (χ0v) is 16.3. The quantitative estimate of drug-likeness (QED) is 0.782. The van der Waals surface area contributed by atoms with Crippen LogP contribution in [0.2, 0.25) is 0 Å². The van der Waals surface area contributed by atoms with Crippen molar-refractivity contribution in [3.05, 3.63) is 29.8 Å². The maximum atomic E-state index is 12.1. The van der Waals surface area contributed by atoms with Gasteiger partial charge in [-0.1, -0.05) is 53.7 Å². The third-order valence-corrected chi connectivity index (χ3v) is 4.61. The van der Waals surface area contributed by atoms with Crippen LogP contribution in [0.1, 0.15) is 54.0 Å². The van der Waals surface area contributed by atoms with Crippen molar-refractivity contribution in [1.82, 2.24) is 5.32 Å². The number of amides is 1. The average Bonchev–Trinajstić information content (AvgIpc) is 2.42. The van der Waals surface area contributed by atoms with Crippen LogP contribution in [-0.2, 0) is 10.2 Å². The van der Waals surface area contributed by atoms with Crippen LogP contribution in [0.15, 0.2) is 24.3 Å². The summed E-state index contributed by atoms with van der Waals surface area (Å²) < 4.78 is 5.95. The monoisotopic (exact) mass is 337 g/mol.